The van der Waals surface area contributed by atoms with Gasteiger partial charge in [-0.1, -0.05) is 17.7 Å². The van der Waals surface area contributed by atoms with Crippen molar-refractivity contribution in [2.75, 3.05) is 0 Å². The standard InChI is InChI=1S/C12H7ClN2S/c13-8-4-5-11-10(7-8)15-12(16-11)9-3-1-2-6-14-9/h1-7H. The molecular formula is C12H7ClN2S. The Balaban J connectivity index is 2.19. The van der Waals surface area contributed by atoms with Gasteiger partial charge in [0.2, 0.25) is 0 Å². The lowest BCUT2D eigenvalue weighted by Crippen LogP contribution is -1.79. The second kappa shape index (κ2) is 3.85. The van der Waals surface area contributed by atoms with Crippen LogP contribution in [0.3, 0.4) is 0 Å². The molecule has 0 atom stereocenters. The predicted octanol–water partition coefficient (Wildman–Crippen LogP) is 4.01. The molecule has 0 spiro atoms. The molecule has 0 unspecified atom stereocenters. The smallest absolute Gasteiger partial charge is 0.143 e. The molecule has 0 radical (unpaired) electrons. The summed E-state index contributed by atoms with van der Waals surface area (Å²) in [6.45, 7) is 0. The van der Waals surface area contributed by atoms with Gasteiger partial charge in [0.15, 0.2) is 0 Å². The van der Waals surface area contributed by atoms with E-state index in [9.17, 15) is 0 Å². The highest BCUT2D eigenvalue weighted by molar-refractivity contribution is 7.21. The van der Waals surface area contributed by atoms with Crippen molar-refractivity contribution in [3.63, 3.8) is 0 Å². The molecule has 0 saturated carbocycles. The van der Waals surface area contributed by atoms with Gasteiger partial charge in [0.1, 0.15) is 5.01 Å². The van der Waals surface area contributed by atoms with Crippen LogP contribution in [0.2, 0.25) is 5.02 Å². The van der Waals surface area contributed by atoms with Crippen molar-refractivity contribution in [1.29, 1.82) is 0 Å². The number of thiazole rings is 1. The summed E-state index contributed by atoms with van der Waals surface area (Å²) in [5.74, 6) is 0. The number of pyridine rings is 1. The molecule has 0 aliphatic carbocycles. The molecule has 0 N–H and O–H groups in total. The minimum absolute atomic E-state index is 0.713. The maximum absolute atomic E-state index is 5.92. The van der Waals surface area contributed by atoms with Crippen molar-refractivity contribution in [3.8, 4) is 10.7 Å². The van der Waals surface area contributed by atoms with Gasteiger partial charge in [-0.2, -0.15) is 0 Å². The molecule has 2 nitrogen and oxygen atoms in total. The van der Waals surface area contributed by atoms with E-state index in [1.54, 1.807) is 17.5 Å². The monoisotopic (exact) mass is 246 g/mol. The Bertz CT molecular complexity index is 634. The van der Waals surface area contributed by atoms with Crippen molar-refractivity contribution < 1.29 is 0 Å². The van der Waals surface area contributed by atoms with Crippen LogP contribution in [0, 0.1) is 0 Å². The normalized spacial score (nSPS) is 10.8. The first-order chi connectivity index (χ1) is 7.83. The molecule has 0 aliphatic heterocycles. The van der Waals surface area contributed by atoms with Gasteiger partial charge in [0, 0.05) is 11.2 Å². The second-order valence-electron chi connectivity index (χ2n) is 3.35. The van der Waals surface area contributed by atoms with E-state index in [0.717, 1.165) is 20.9 Å². The molecule has 3 rings (SSSR count). The third-order valence-electron chi connectivity index (χ3n) is 2.23. The summed E-state index contributed by atoms with van der Waals surface area (Å²) in [6, 6.07) is 11.6. The van der Waals surface area contributed by atoms with E-state index in [1.807, 2.05) is 36.4 Å². The molecule has 0 bridgehead atoms. The molecule has 0 amide bonds. The first kappa shape index (κ1) is 9.75. The highest BCUT2D eigenvalue weighted by atomic mass is 35.5. The summed E-state index contributed by atoms with van der Waals surface area (Å²) in [6.07, 6.45) is 1.77. The van der Waals surface area contributed by atoms with Crippen molar-refractivity contribution in [2.24, 2.45) is 0 Å². The number of benzene rings is 1. The molecule has 0 aliphatic rings. The lowest BCUT2D eigenvalue weighted by molar-refractivity contribution is 1.31. The average molecular weight is 247 g/mol. The fourth-order valence-electron chi connectivity index (χ4n) is 1.50. The Morgan fingerprint density at radius 3 is 2.88 bits per heavy atom. The van der Waals surface area contributed by atoms with Crippen molar-refractivity contribution >= 4 is 33.2 Å². The van der Waals surface area contributed by atoms with Crippen LogP contribution in [-0.4, -0.2) is 9.97 Å². The zero-order chi connectivity index (χ0) is 11.0. The van der Waals surface area contributed by atoms with Crippen LogP contribution in [0.4, 0.5) is 0 Å². The van der Waals surface area contributed by atoms with Gasteiger partial charge in [0.05, 0.1) is 15.9 Å². The molecule has 0 fully saturated rings. The SMILES string of the molecule is Clc1ccc2sc(-c3ccccn3)nc2c1. The van der Waals surface area contributed by atoms with Crippen LogP contribution in [0.5, 0.6) is 0 Å². The maximum Gasteiger partial charge on any atom is 0.143 e. The Labute approximate surface area is 102 Å². The summed E-state index contributed by atoms with van der Waals surface area (Å²) in [5, 5.41) is 1.64. The van der Waals surface area contributed by atoms with Crippen LogP contribution in [0.25, 0.3) is 20.9 Å². The minimum atomic E-state index is 0.713. The van der Waals surface area contributed by atoms with Crippen LogP contribution < -0.4 is 0 Å². The van der Waals surface area contributed by atoms with Crippen LogP contribution in [0.1, 0.15) is 0 Å². The maximum atomic E-state index is 5.92. The number of halogens is 1. The van der Waals surface area contributed by atoms with E-state index in [2.05, 4.69) is 9.97 Å². The van der Waals surface area contributed by atoms with E-state index in [4.69, 9.17) is 11.6 Å². The average Bonchev–Trinajstić information content (AvgIpc) is 2.73. The quantitative estimate of drug-likeness (QED) is 0.648. The lowest BCUT2D eigenvalue weighted by atomic mass is 10.3. The number of hydrogen-bond donors (Lipinski definition) is 0. The van der Waals surface area contributed by atoms with Gasteiger partial charge in [0.25, 0.3) is 0 Å². The summed E-state index contributed by atoms with van der Waals surface area (Å²) in [5.41, 5.74) is 1.83. The fourth-order valence-corrected chi connectivity index (χ4v) is 2.59. The largest absolute Gasteiger partial charge is 0.254 e. The van der Waals surface area contributed by atoms with Gasteiger partial charge in [-0.25, -0.2) is 4.98 Å². The number of rotatable bonds is 1. The molecule has 1 aromatic carbocycles. The molecule has 2 aromatic heterocycles. The zero-order valence-electron chi connectivity index (χ0n) is 8.22. The van der Waals surface area contributed by atoms with Crippen molar-refractivity contribution in [3.05, 3.63) is 47.6 Å². The van der Waals surface area contributed by atoms with Crippen LogP contribution in [0.15, 0.2) is 42.6 Å². The van der Waals surface area contributed by atoms with Gasteiger partial charge in [-0.15, -0.1) is 11.3 Å². The van der Waals surface area contributed by atoms with E-state index in [1.165, 1.54) is 0 Å². The molecule has 3 aromatic rings. The number of nitrogens with zero attached hydrogens (tertiary/aromatic N) is 2. The fraction of sp³-hybridized carbons (Fsp3) is 0. The van der Waals surface area contributed by atoms with E-state index in [-0.39, 0.29) is 0 Å². The highest BCUT2D eigenvalue weighted by Gasteiger charge is 2.06. The number of hydrogen-bond acceptors (Lipinski definition) is 3. The molecule has 2 heterocycles. The van der Waals surface area contributed by atoms with Crippen molar-refractivity contribution in [2.45, 2.75) is 0 Å². The topological polar surface area (TPSA) is 25.8 Å². The molecule has 0 saturated heterocycles. The number of aromatic nitrogens is 2. The van der Waals surface area contributed by atoms with Gasteiger partial charge in [-0.05, 0) is 30.3 Å². The Hall–Kier alpha value is -1.45. The second-order valence-corrected chi connectivity index (χ2v) is 4.81. The molecule has 78 valence electrons. The van der Waals surface area contributed by atoms with Crippen molar-refractivity contribution in [1.82, 2.24) is 9.97 Å². The van der Waals surface area contributed by atoms with Gasteiger partial charge >= 0.3 is 0 Å². The van der Waals surface area contributed by atoms with E-state index in [0.29, 0.717) is 5.02 Å². The lowest BCUT2D eigenvalue weighted by Gasteiger charge is -1.91. The summed E-state index contributed by atoms with van der Waals surface area (Å²) in [7, 11) is 0. The first-order valence-corrected chi connectivity index (χ1v) is 6.00. The third-order valence-corrected chi connectivity index (χ3v) is 3.53. The molecule has 16 heavy (non-hydrogen) atoms. The Morgan fingerprint density at radius 2 is 2.06 bits per heavy atom. The predicted molar refractivity (Wildman–Crippen MR) is 67.9 cm³/mol. The van der Waals surface area contributed by atoms with Gasteiger partial charge < -0.3 is 0 Å². The van der Waals surface area contributed by atoms with E-state index < -0.39 is 0 Å². The van der Waals surface area contributed by atoms with Gasteiger partial charge in [-0.3, -0.25) is 4.98 Å². The Kier molecular flexibility index (Phi) is 2.35. The molecule has 4 heteroatoms. The van der Waals surface area contributed by atoms with Crippen LogP contribution >= 0.6 is 22.9 Å². The Morgan fingerprint density at radius 1 is 1.12 bits per heavy atom. The van der Waals surface area contributed by atoms with E-state index >= 15 is 0 Å². The molecular weight excluding hydrogens is 240 g/mol. The zero-order valence-corrected chi connectivity index (χ0v) is 9.79. The summed E-state index contributed by atoms with van der Waals surface area (Å²) >= 11 is 7.55. The summed E-state index contributed by atoms with van der Waals surface area (Å²) < 4.78 is 1.13. The highest BCUT2D eigenvalue weighted by Crippen LogP contribution is 2.30. The van der Waals surface area contributed by atoms with Crippen LogP contribution in [-0.2, 0) is 0 Å². The third kappa shape index (κ3) is 1.68. The minimum Gasteiger partial charge on any atom is -0.254 e. The first-order valence-electron chi connectivity index (χ1n) is 4.80. The summed E-state index contributed by atoms with van der Waals surface area (Å²) in [4.78, 5) is 8.80. The number of fused-ring (bicyclic) bond motifs is 1.